The maximum Gasteiger partial charge on any atom is -0.00459 e. The fourth-order valence-corrected chi connectivity index (χ4v) is 1.26. The van der Waals surface area contributed by atoms with Crippen LogP contribution in [-0.4, -0.2) is 6.54 Å². The summed E-state index contributed by atoms with van der Waals surface area (Å²) in [6.45, 7) is 12.7. The summed E-state index contributed by atoms with van der Waals surface area (Å²) in [6.07, 6.45) is 5.11. The Morgan fingerprint density at radius 2 is 1.83 bits per heavy atom. The second-order valence-electron chi connectivity index (χ2n) is 3.56. The monoisotopic (exact) mass is 167 g/mol. The molecule has 0 radical (unpaired) electrons. The van der Waals surface area contributed by atoms with Crippen molar-refractivity contribution in [2.24, 2.45) is 23.5 Å². The molecule has 70 valence electrons. The van der Waals surface area contributed by atoms with Crippen LogP contribution in [0.15, 0.2) is 25.3 Å². The highest BCUT2D eigenvalue weighted by Gasteiger charge is 2.13. The SMILES string of the molecule is C=CC(C)CC(C=C)C(C)CN. The van der Waals surface area contributed by atoms with Gasteiger partial charge in [-0.05, 0) is 30.7 Å². The lowest BCUT2D eigenvalue weighted by Crippen LogP contribution is -2.20. The van der Waals surface area contributed by atoms with Crippen molar-refractivity contribution in [3.05, 3.63) is 25.3 Å². The molecule has 1 nitrogen and oxygen atoms in total. The Kier molecular flexibility index (Phi) is 5.73. The van der Waals surface area contributed by atoms with Crippen molar-refractivity contribution in [2.75, 3.05) is 6.54 Å². The molecule has 3 atom stereocenters. The van der Waals surface area contributed by atoms with E-state index in [0.29, 0.717) is 17.8 Å². The molecule has 0 aliphatic rings. The summed E-state index contributed by atoms with van der Waals surface area (Å²) in [5.41, 5.74) is 5.59. The van der Waals surface area contributed by atoms with Gasteiger partial charge >= 0.3 is 0 Å². The second kappa shape index (κ2) is 6.01. The first-order chi connectivity index (χ1) is 5.65. The molecule has 0 aliphatic heterocycles. The van der Waals surface area contributed by atoms with Crippen LogP contribution < -0.4 is 5.73 Å². The zero-order valence-corrected chi connectivity index (χ0v) is 8.29. The van der Waals surface area contributed by atoms with Crippen LogP contribution >= 0.6 is 0 Å². The quantitative estimate of drug-likeness (QED) is 0.605. The third kappa shape index (κ3) is 3.72. The normalized spacial score (nSPS) is 17.9. The summed E-state index contributed by atoms with van der Waals surface area (Å²) in [5, 5.41) is 0. The Morgan fingerprint density at radius 1 is 1.25 bits per heavy atom. The number of hydrogen-bond acceptors (Lipinski definition) is 1. The van der Waals surface area contributed by atoms with E-state index in [1.54, 1.807) is 0 Å². The van der Waals surface area contributed by atoms with E-state index in [9.17, 15) is 0 Å². The first-order valence-electron chi connectivity index (χ1n) is 4.60. The molecule has 0 bridgehead atoms. The topological polar surface area (TPSA) is 26.0 Å². The molecule has 3 unspecified atom stereocenters. The Morgan fingerprint density at radius 3 is 2.17 bits per heavy atom. The lowest BCUT2D eigenvalue weighted by Gasteiger charge is -2.20. The highest BCUT2D eigenvalue weighted by atomic mass is 14.5. The fourth-order valence-electron chi connectivity index (χ4n) is 1.26. The minimum absolute atomic E-state index is 0.531. The predicted octanol–water partition coefficient (Wildman–Crippen LogP) is 2.60. The van der Waals surface area contributed by atoms with Crippen molar-refractivity contribution in [2.45, 2.75) is 20.3 Å². The van der Waals surface area contributed by atoms with Crippen LogP contribution in [0.3, 0.4) is 0 Å². The van der Waals surface area contributed by atoms with Crippen molar-refractivity contribution in [3.8, 4) is 0 Å². The molecule has 1 heteroatoms. The Balaban J connectivity index is 3.97. The lowest BCUT2D eigenvalue weighted by atomic mass is 9.86. The van der Waals surface area contributed by atoms with Crippen LogP contribution in [0.2, 0.25) is 0 Å². The minimum Gasteiger partial charge on any atom is -0.330 e. The van der Waals surface area contributed by atoms with Gasteiger partial charge in [-0.25, -0.2) is 0 Å². The summed E-state index contributed by atoms with van der Waals surface area (Å²) in [4.78, 5) is 0. The first-order valence-corrected chi connectivity index (χ1v) is 4.60. The van der Waals surface area contributed by atoms with Crippen LogP contribution in [0, 0.1) is 17.8 Å². The molecule has 0 amide bonds. The molecule has 0 spiro atoms. The molecule has 0 heterocycles. The molecule has 12 heavy (non-hydrogen) atoms. The summed E-state index contributed by atoms with van der Waals surface area (Å²) >= 11 is 0. The highest BCUT2D eigenvalue weighted by molar-refractivity contribution is 4.88. The third-order valence-electron chi connectivity index (χ3n) is 2.45. The minimum atomic E-state index is 0.531. The molecule has 0 aromatic heterocycles. The molecular weight excluding hydrogens is 146 g/mol. The molecular formula is C11H21N. The molecule has 0 saturated heterocycles. The van der Waals surface area contributed by atoms with Gasteiger partial charge in [0.1, 0.15) is 0 Å². The van der Waals surface area contributed by atoms with E-state index in [1.807, 2.05) is 12.2 Å². The molecule has 0 aromatic rings. The fraction of sp³-hybridized carbons (Fsp3) is 0.636. The standard InChI is InChI=1S/C11H21N/c1-5-9(3)7-11(6-2)10(4)8-12/h5-6,9-11H,1-2,7-8,12H2,3-4H3. The molecule has 0 rings (SSSR count). The summed E-state index contributed by atoms with van der Waals surface area (Å²) < 4.78 is 0. The zero-order chi connectivity index (χ0) is 9.56. The van der Waals surface area contributed by atoms with Crippen LogP contribution in [-0.2, 0) is 0 Å². The van der Waals surface area contributed by atoms with E-state index in [4.69, 9.17) is 5.73 Å². The van der Waals surface area contributed by atoms with E-state index < -0.39 is 0 Å². The average Bonchev–Trinajstić information content (AvgIpc) is 2.12. The summed E-state index contributed by atoms with van der Waals surface area (Å²) in [7, 11) is 0. The third-order valence-corrected chi connectivity index (χ3v) is 2.45. The van der Waals surface area contributed by atoms with Crippen molar-refractivity contribution in [3.63, 3.8) is 0 Å². The van der Waals surface area contributed by atoms with Gasteiger partial charge in [0.15, 0.2) is 0 Å². The van der Waals surface area contributed by atoms with Gasteiger partial charge in [0.05, 0.1) is 0 Å². The molecule has 2 N–H and O–H groups in total. The summed E-state index contributed by atoms with van der Waals surface area (Å²) in [6, 6.07) is 0. The Labute approximate surface area is 76.3 Å². The average molecular weight is 167 g/mol. The largest absolute Gasteiger partial charge is 0.330 e. The Bertz CT molecular complexity index is 140. The van der Waals surface area contributed by atoms with Crippen LogP contribution in [0.25, 0.3) is 0 Å². The number of nitrogens with two attached hydrogens (primary N) is 1. The van der Waals surface area contributed by atoms with Gasteiger partial charge < -0.3 is 5.73 Å². The van der Waals surface area contributed by atoms with Gasteiger partial charge in [-0.15, -0.1) is 13.2 Å². The Hall–Kier alpha value is -0.560. The van der Waals surface area contributed by atoms with Gasteiger partial charge in [-0.1, -0.05) is 26.0 Å². The summed E-state index contributed by atoms with van der Waals surface area (Å²) in [5.74, 6) is 1.62. The molecule has 0 saturated carbocycles. The van der Waals surface area contributed by atoms with E-state index >= 15 is 0 Å². The van der Waals surface area contributed by atoms with Crippen molar-refractivity contribution >= 4 is 0 Å². The van der Waals surface area contributed by atoms with E-state index in [1.165, 1.54) is 0 Å². The van der Waals surface area contributed by atoms with E-state index in [-0.39, 0.29) is 0 Å². The van der Waals surface area contributed by atoms with Crippen LogP contribution in [0.4, 0.5) is 0 Å². The van der Waals surface area contributed by atoms with Gasteiger partial charge in [0.25, 0.3) is 0 Å². The second-order valence-corrected chi connectivity index (χ2v) is 3.56. The van der Waals surface area contributed by atoms with Gasteiger partial charge in [0, 0.05) is 0 Å². The van der Waals surface area contributed by atoms with Gasteiger partial charge in [0.2, 0.25) is 0 Å². The smallest absolute Gasteiger partial charge is 0.00459 e. The van der Waals surface area contributed by atoms with Crippen molar-refractivity contribution < 1.29 is 0 Å². The number of rotatable bonds is 6. The molecule has 0 aliphatic carbocycles. The number of hydrogen-bond donors (Lipinski definition) is 1. The lowest BCUT2D eigenvalue weighted by molar-refractivity contribution is 0.380. The predicted molar refractivity (Wildman–Crippen MR) is 55.9 cm³/mol. The first kappa shape index (κ1) is 11.4. The number of allylic oxidation sites excluding steroid dienone is 2. The highest BCUT2D eigenvalue weighted by Crippen LogP contribution is 2.21. The molecule has 0 fully saturated rings. The van der Waals surface area contributed by atoms with Crippen molar-refractivity contribution in [1.29, 1.82) is 0 Å². The maximum absolute atomic E-state index is 5.59. The zero-order valence-electron chi connectivity index (χ0n) is 8.29. The van der Waals surface area contributed by atoms with E-state index in [2.05, 4.69) is 27.0 Å². The van der Waals surface area contributed by atoms with Crippen molar-refractivity contribution in [1.82, 2.24) is 0 Å². The maximum atomic E-state index is 5.59. The molecule has 0 aromatic carbocycles. The van der Waals surface area contributed by atoms with Gasteiger partial charge in [-0.2, -0.15) is 0 Å². The van der Waals surface area contributed by atoms with Crippen LogP contribution in [0.5, 0.6) is 0 Å². The van der Waals surface area contributed by atoms with E-state index in [0.717, 1.165) is 13.0 Å². The van der Waals surface area contributed by atoms with Crippen LogP contribution in [0.1, 0.15) is 20.3 Å². The van der Waals surface area contributed by atoms with Gasteiger partial charge in [-0.3, -0.25) is 0 Å².